The van der Waals surface area contributed by atoms with Gasteiger partial charge in [0.25, 0.3) is 0 Å². The van der Waals surface area contributed by atoms with Crippen molar-refractivity contribution < 1.29 is 9.47 Å². The van der Waals surface area contributed by atoms with Gasteiger partial charge in [0.15, 0.2) is 0 Å². The largest absolute Gasteiger partial charge is 0.475 e. The smallest absolute Gasteiger partial charge is 0.217 e. The molecule has 34 heavy (non-hydrogen) atoms. The number of rotatable bonds is 3. The number of ether oxygens (including phenoxy) is 2. The zero-order valence-corrected chi connectivity index (χ0v) is 20.1. The Hall–Kier alpha value is -3.66. The highest BCUT2D eigenvalue weighted by atomic mass is 16.5. The van der Waals surface area contributed by atoms with Gasteiger partial charge in [0, 0.05) is 22.3 Å². The number of hydrogen-bond donors (Lipinski definition) is 0. The second-order valence-electron chi connectivity index (χ2n) is 10.5. The minimum atomic E-state index is -0.248. The van der Waals surface area contributed by atoms with Gasteiger partial charge in [-0.1, -0.05) is 60.7 Å². The minimum Gasteiger partial charge on any atom is -0.475 e. The summed E-state index contributed by atoms with van der Waals surface area (Å²) in [5.41, 5.74) is 3.72. The quantitative estimate of drug-likeness (QED) is 0.347. The van der Waals surface area contributed by atoms with E-state index in [9.17, 15) is 0 Å². The van der Waals surface area contributed by atoms with Crippen LogP contribution in [0.4, 0.5) is 0 Å². The lowest BCUT2D eigenvalue weighted by Gasteiger charge is -2.19. The number of benzene rings is 4. The predicted molar refractivity (Wildman–Crippen MR) is 140 cm³/mol. The van der Waals surface area contributed by atoms with E-state index < -0.39 is 0 Å². The molecule has 2 aliphatic rings. The molecule has 4 nitrogen and oxygen atoms in total. The summed E-state index contributed by atoms with van der Waals surface area (Å²) in [6.45, 7) is 9.56. The summed E-state index contributed by atoms with van der Waals surface area (Å²) in [5.74, 6) is 1.39. The van der Waals surface area contributed by atoms with Crippen LogP contribution in [0.5, 0.6) is 0 Å². The van der Waals surface area contributed by atoms with E-state index in [1.54, 1.807) is 0 Å². The molecule has 0 atom stereocenters. The van der Waals surface area contributed by atoms with Crippen molar-refractivity contribution in [3.8, 4) is 11.1 Å². The normalized spacial score (nSPS) is 18.5. The molecule has 0 N–H and O–H groups in total. The van der Waals surface area contributed by atoms with E-state index in [0.29, 0.717) is 25.0 Å². The maximum atomic E-state index is 6.16. The van der Waals surface area contributed by atoms with Crippen molar-refractivity contribution in [1.82, 2.24) is 0 Å². The van der Waals surface area contributed by atoms with Crippen molar-refractivity contribution in [1.29, 1.82) is 0 Å². The molecule has 0 fully saturated rings. The Morgan fingerprint density at radius 2 is 0.971 bits per heavy atom. The van der Waals surface area contributed by atoms with Gasteiger partial charge in [-0.15, -0.1) is 0 Å². The van der Waals surface area contributed by atoms with Crippen LogP contribution in [-0.2, 0) is 9.47 Å². The number of fused-ring (bicyclic) bond motifs is 2. The van der Waals surface area contributed by atoms with Crippen molar-refractivity contribution in [2.45, 2.75) is 38.8 Å². The van der Waals surface area contributed by atoms with Crippen LogP contribution in [-0.4, -0.2) is 36.1 Å². The van der Waals surface area contributed by atoms with Crippen molar-refractivity contribution >= 4 is 33.3 Å². The van der Waals surface area contributed by atoms with Gasteiger partial charge >= 0.3 is 0 Å². The summed E-state index contributed by atoms with van der Waals surface area (Å²) < 4.78 is 12.3. The topological polar surface area (TPSA) is 43.2 Å². The molecule has 170 valence electrons. The third kappa shape index (κ3) is 3.45. The van der Waals surface area contributed by atoms with Gasteiger partial charge in [-0.3, -0.25) is 0 Å². The Morgan fingerprint density at radius 1 is 0.559 bits per heavy atom. The van der Waals surface area contributed by atoms with E-state index in [2.05, 4.69) is 100 Å². The molecular weight excluding hydrogens is 420 g/mol. The first-order valence-electron chi connectivity index (χ1n) is 11.8. The summed E-state index contributed by atoms with van der Waals surface area (Å²) in [6, 6.07) is 25.6. The van der Waals surface area contributed by atoms with Gasteiger partial charge in [-0.05, 0) is 61.4 Å². The van der Waals surface area contributed by atoms with Gasteiger partial charge in [0.1, 0.15) is 13.2 Å². The molecule has 4 heteroatoms. The molecular formula is C30H28N2O2. The van der Waals surface area contributed by atoms with Gasteiger partial charge in [-0.25, -0.2) is 9.98 Å². The average molecular weight is 449 g/mol. The monoisotopic (exact) mass is 448 g/mol. The predicted octanol–water partition coefficient (Wildman–Crippen LogP) is 6.77. The van der Waals surface area contributed by atoms with Crippen LogP contribution in [0.1, 0.15) is 38.8 Å². The molecule has 0 saturated heterocycles. The van der Waals surface area contributed by atoms with Crippen LogP contribution in [0.2, 0.25) is 0 Å². The molecule has 0 spiro atoms. The fourth-order valence-electron chi connectivity index (χ4n) is 4.88. The molecule has 4 aromatic carbocycles. The summed E-state index contributed by atoms with van der Waals surface area (Å²) in [7, 11) is 0. The maximum Gasteiger partial charge on any atom is 0.217 e. The van der Waals surface area contributed by atoms with Crippen molar-refractivity contribution in [3.05, 3.63) is 83.9 Å². The van der Waals surface area contributed by atoms with E-state index in [4.69, 9.17) is 19.5 Å². The lowest BCUT2D eigenvalue weighted by molar-refractivity contribution is 0.279. The highest BCUT2D eigenvalue weighted by Crippen LogP contribution is 2.41. The molecule has 0 aromatic heterocycles. The second-order valence-corrected chi connectivity index (χ2v) is 10.5. The molecule has 2 aliphatic heterocycles. The fraction of sp³-hybridized carbons (Fsp3) is 0.267. The Labute approximate surface area is 200 Å². The number of aliphatic imine (C=N–C) groups is 2. The van der Waals surface area contributed by atoms with Crippen LogP contribution in [0.15, 0.2) is 82.8 Å². The van der Waals surface area contributed by atoms with E-state index in [1.165, 1.54) is 10.8 Å². The zero-order chi connectivity index (χ0) is 23.5. The Balaban J connectivity index is 1.75. The van der Waals surface area contributed by atoms with Crippen LogP contribution in [0, 0.1) is 0 Å². The molecule has 0 radical (unpaired) electrons. The standard InChI is InChI=1S/C30H28N2O2/c1-29(2)17-33-27(31-29)23-15-13-19-9-5-7-11-21(19)25(23)26-22-12-8-6-10-20(22)14-16-24(26)28-32-30(3,4)18-34-28/h5-16H,17-18H2,1-4H3. The maximum absolute atomic E-state index is 6.16. The first-order valence-corrected chi connectivity index (χ1v) is 11.8. The minimum absolute atomic E-state index is 0.248. The Morgan fingerprint density at radius 3 is 1.35 bits per heavy atom. The fourth-order valence-corrected chi connectivity index (χ4v) is 4.88. The molecule has 6 rings (SSSR count). The van der Waals surface area contributed by atoms with E-state index in [-0.39, 0.29) is 11.1 Å². The number of nitrogens with zero attached hydrogens (tertiary/aromatic N) is 2. The lowest BCUT2D eigenvalue weighted by Crippen LogP contribution is -2.17. The SMILES string of the molecule is CC1(C)COC(c2ccc3ccccc3c2-c2c(C3=NC(C)(C)CO3)ccc3ccccc23)=N1. The number of hydrogen-bond acceptors (Lipinski definition) is 4. The molecule has 0 aliphatic carbocycles. The van der Waals surface area contributed by atoms with Crippen molar-refractivity contribution in [3.63, 3.8) is 0 Å². The van der Waals surface area contributed by atoms with Gasteiger partial charge < -0.3 is 9.47 Å². The van der Waals surface area contributed by atoms with Crippen LogP contribution < -0.4 is 0 Å². The highest BCUT2D eigenvalue weighted by molar-refractivity contribution is 6.19. The van der Waals surface area contributed by atoms with E-state index in [1.807, 2.05) is 0 Å². The summed E-state index contributed by atoms with van der Waals surface area (Å²) >= 11 is 0. The molecule has 0 unspecified atom stereocenters. The van der Waals surface area contributed by atoms with Gasteiger partial charge in [0.2, 0.25) is 11.8 Å². The Bertz CT molecular complexity index is 1400. The highest BCUT2D eigenvalue weighted by Gasteiger charge is 2.32. The van der Waals surface area contributed by atoms with Gasteiger partial charge in [-0.2, -0.15) is 0 Å². The summed E-state index contributed by atoms with van der Waals surface area (Å²) in [5, 5.41) is 4.66. The molecule has 0 amide bonds. The first-order chi connectivity index (χ1) is 16.3. The van der Waals surface area contributed by atoms with Crippen molar-refractivity contribution in [2.24, 2.45) is 9.98 Å². The molecule has 0 bridgehead atoms. The third-order valence-corrected chi connectivity index (χ3v) is 6.50. The van der Waals surface area contributed by atoms with Crippen LogP contribution in [0.3, 0.4) is 0 Å². The van der Waals surface area contributed by atoms with Crippen molar-refractivity contribution in [2.75, 3.05) is 13.2 Å². The third-order valence-electron chi connectivity index (χ3n) is 6.50. The molecule has 4 aromatic rings. The Kier molecular flexibility index (Phi) is 4.57. The first kappa shape index (κ1) is 20.9. The van der Waals surface area contributed by atoms with Crippen LogP contribution in [0.25, 0.3) is 32.7 Å². The van der Waals surface area contributed by atoms with E-state index >= 15 is 0 Å². The zero-order valence-electron chi connectivity index (χ0n) is 20.1. The lowest BCUT2D eigenvalue weighted by atomic mass is 9.87. The average Bonchev–Trinajstić information content (AvgIpc) is 3.38. The summed E-state index contributed by atoms with van der Waals surface area (Å²) in [6.07, 6.45) is 0. The van der Waals surface area contributed by atoms with Gasteiger partial charge in [0.05, 0.1) is 11.1 Å². The van der Waals surface area contributed by atoms with E-state index in [0.717, 1.165) is 33.0 Å². The molecule has 0 saturated carbocycles. The molecule has 2 heterocycles. The second kappa shape index (κ2) is 7.42. The van der Waals surface area contributed by atoms with Crippen LogP contribution >= 0.6 is 0 Å². The summed E-state index contributed by atoms with van der Waals surface area (Å²) in [4.78, 5) is 9.89.